The summed E-state index contributed by atoms with van der Waals surface area (Å²) < 4.78 is 5.11. The molecule has 3 heteroatoms. The van der Waals surface area contributed by atoms with Crippen molar-refractivity contribution >= 4 is 12.4 Å². The largest absolute Gasteiger partial charge is 0.497 e. The zero-order valence-corrected chi connectivity index (χ0v) is 11.1. The third-order valence-electron chi connectivity index (χ3n) is 2.39. The van der Waals surface area contributed by atoms with Crippen LogP contribution in [-0.4, -0.2) is 13.7 Å². The number of halogens is 1. The molecule has 0 aromatic heterocycles. The van der Waals surface area contributed by atoms with Gasteiger partial charge < -0.3 is 10.1 Å². The maximum Gasteiger partial charge on any atom is 0.118 e. The molecule has 2 nitrogen and oxygen atoms in total. The molecule has 0 unspecified atom stereocenters. The molecule has 0 saturated heterocycles. The molecule has 0 aliphatic rings. The van der Waals surface area contributed by atoms with Crippen molar-refractivity contribution in [1.82, 2.24) is 5.32 Å². The number of nitrogens with one attached hydrogen (secondary N) is 1. The van der Waals surface area contributed by atoms with Gasteiger partial charge in [-0.25, -0.2) is 0 Å². The minimum atomic E-state index is 0. The lowest BCUT2D eigenvalue weighted by molar-refractivity contribution is 0.414. The molecule has 0 bridgehead atoms. The van der Waals surface area contributed by atoms with Crippen molar-refractivity contribution in [2.45, 2.75) is 26.8 Å². The van der Waals surface area contributed by atoms with Gasteiger partial charge in [0.1, 0.15) is 5.75 Å². The normalized spacial score (nSPS) is 10.0. The highest BCUT2D eigenvalue weighted by Gasteiger charge is 1.95. The van der Waals surface area contributed by atoms with Crippen LogP contribution in [0.2, 0.25) is 0 Å². The summed E-state index contributed by atoms with van der Waals surface area (Å²) in [5, 5.41) is 3.43. The molecule has 0 amide bonds. The van der Waals surface area contributed by atoms with E-state index in [1.54, 1.807) is 7.11 Å². The Morgan fingerprint density at radius 2 is 1.81 bits per heavy atom. The molecule has 0 aliphatic carbocycles. The molecule has 1 aromatic rings. The van der Waals surface area contributed by atoms with E-state index in [4.69, 9.17) is 4.74 Å². The van der Waals surface area contributed by atoms with E-state index in [9.17, 15) is 0 Å². The predicted octanol–water partition coefficient (Wildman–Crippen LogP) is 3.25. The second-order valence-electron chi connectivity index (χ2n) is 4.21. The molecule has 16 heavy (non-hydrogen) atoms. The quantitative estimate of drug-likeness (QED) is 0.775. The summed E-state index contributed by atoms with van der Waals surface area (Å²) >= 11 is 0. The summed E-state index contributed by atoms with van der Waals surface area (Å²) in [5.41, 5.74) is 1.31. The second-order valence-corrected chi connectivity index (χ2v) is 4.21. The molecule has 0 saturated carbocycles. The number of methoxy groups -OCH3 is 1. The first kappa shape index (κ1) is 15.3. The second kappa shape index (κ2) is 8.43. The van der Waals surface area contributed by atoms with Crippen LogP contribution in [-0.2, 0) is 6.54 Å². The van der Waals surface area contributed by atoms with E-state index in [0.29, 0.717) is 0 Å². The van der Waals surface area contributed by atoms with Gasteiger partial charge in [0.15, 0.2) is 0 Å². The standard InChI is InChI=1S/C13H21NO.ClH/c1-11(2)8-9-14-10-12-4-6-13(15-3)7-5-12;/h4-7,11,14H,8-10H2,1-3H3;1H. The number of ether oxygens (including phenoxy) is 1. The van der Waals surface area contributed by atoms with Gasteiger partial charge in [-0.2, -0.15) is 0 Å². The van der Waals surface area contributed by atoms with Gasteiger partial charge in [-0.1, -0.05) is 26.0 Å². The molecule has 0 aliphatic heterocycles. The Morgan fingerprint density at radius 1 is 1.19 bits per heavy atom. The van der Waals surface area contributed by atoms with E-state index < -0.39 is 0 Å². The summed E-state index contributed by atoms with van der Waals surface area (Å²) in [6.07, 6.45) is 1.23. The minimum absolute atomic E-state index is 0. The van der Waals surface area contributed by atoms with Crippen LogP contribution in [0.5, 0.6) is 5.75 Å². The van der Waals surface area contributed by atoms with Crippen LogP contribution >= 0.6 is 12.4 Å². The van der Waals surface area contributed by atoms with Crippen molar-refractivity contribution in [3.8, 4) is 5.75 Å². The molecule has 0 spiro atoms. The van der Waals surface area contributed by atoms with Crippen LogP contribution in [0.15, 0.2) is 24.3 Å². The van der Waals surface area contributed by atoms with Crippen LogP contribution < -0.4 is 10.1 Å². The van der Waals surface area contributed by atoms with Gasteiger partial charge in [0.2, 0.25) is 0 Å². The Bertz CT molecular complexity index is 272. The van der Waals surface area contributed by atoms with Crippen LogP contribution in [0.1, 0.15) is 25.8 Å². The summed E-state index contributed by atoms with van der Waals surface area (Å²) in [4.78, 5) is 0. The smallest absolute Gasteiger partial charge is 0.118 e. The molecule has 1 rings (SSSR count). The number of hydrogen-bond donors (Lipinski definition) is 1. The SMILES string of the molecule is COc1ccc(CNCCC(C)C)cc1.Cl. The molecule has 1 N–H and O–H groups in total. The van der Waals surface area contributed by atoms with Crippen molar-refractivity contribution in [2.75, 3.05) is 13.7 Å². The van der Waals surface area contributed by atoms with Gasteiger partial charge in [0, 0.05) is 6.54 Å². The van der Waals surface area contributed by atoms with Gasteiger partial charge in [-0.3, -0.25) is 0 Å². The lowest BCUT2D eigenvalue weighted by Crippen LogP contribution is -2.16. The molecule has 1 aromatic carbocycles. The lowest BCUT2D eigenvalue weighted by atomic mass is 10.1. The molecule has 92 valence electrons. The van der Waals surface area contributed by atoms with E-state index >= 15 is 0 Å². The molecular formula is C13H22ClNO. The fraction of sp³-hybridized carbons (Fsp3) is 0.538. The molecule has 0 heterocycles. The van der Waals surface area contributed by atoms with Crippen molar-refractivity contribution in [3.63, 3.8) is 0 Å². The van der Waals surface area contributed by atoms with E-state index in [0.717, 1.165) is 24.8 Å². The fourth-order valence-corrected chi connectivity index (χ4v) is 1.37. The fourth-order valence-electron chi connectivity index (χ4n) is 1.37. The number of benzene rings is 1. The van der Waals surface area contributed by atoms with Gasteiger partial charge in [-0.15, -0.1) is 12.4 Å². The van der Waals surface area contributed by atoms with E-state index in [1.807, 2.05) is 12.1 Å². The highest BCUT2D eigenvalue weighted by atomic mass is 35.5. The Hall–Kier alpha value is -0.730. The maximum absolute atomic E-state index is 5.11. The molecule has 0 fully saturated rings. The first-order chi connectivity index (χ1) is 7.22. The molecule has 0 atom stereocenters. The highest BCUT2D eigenvalue weighted by molar-refractivity contribution is 5.85. The maximum atomic E-state index is 5.11. The topological polar surface area (TPSA) is 21.3 Å². The third kappa shape index (κ3) is 5.99. The number of rotatable bonds is 6. The highest BCUT2D eigenvalue weighted by Crippen LogP contribution is 2.10. The van der Waals surface area contributed by atoms with E-state index in [-0.39, 0.29) is 12.4 Å². The van der Waals surface area contributed by atoms with Gasteiger partial charge in [0.25, 0.3) is 0 Å². The van der Waals surface area contributed by atoms with Crippen LogP contribution in [0.3, 0.4) is 0 Å². The van der Waals surface area contributed by atoms with Gasteiger partial charge in [0.05, 0.1) is 7.11 Å². The Morgan fingerprint density at radius 3 is 2.31 bits per heavy atom. The average molecular weight is 244 g/mol. The Balaban J connectivity index is 0.00000225. The van der Waals surface area contributed by atoms with Gasteiger partial charge in [-0.05, 0) is 36.6 Å². The summed E-state index contributed by atoms with van der Waals surface area (Å²) in [6.45, 7) is 6.52. The van der Waals surface area contributed by atoms with Gasteiger partial charge >= 0.3 is 0 Å². The summed E-state index contributed by atoms with van der Waals surface area (Å²) in [6, 6.07) is 8.20. The van der Waals surface area contributed by atoms with E-state index in [2.05, 4.69) is 31.3 Å². The third-order valence-corrected chi connectivity index (χ3v) is 2.39. The first-order valence-electron chi connectivity index (χ1n) is 5.56. The zero-order chi connectivity index (χ0) is 11.1. The molecule has 0 radical (unpaired) electrons. The predicted molar refractivity (Wildman–Crippen MR) is 71.4 cm³/mol. The minimum Gasteiger partial charge on any atom is -0.497 e. The lowest BCUT2D eigenvalue weighted by Gasteiger charge is -2.07. The van der Waals surface area contributed by atoms with Crippen LogP contribution in [0, 0.1) is 5.92 Å². The number of hydrogen-bond acceptors (Lipinski definition) is 2. The van der Waals surface area contributed by atoms with E-state index in [1.165, 1.54) is 12.0 Å². The first-order valence-corrected chi connectivity index (χ1v) is 5.56. The van der Waals surface area contributed by atoms with Crippen molar-refractivity contribution in [1.29, 1.82) is 0 Å². The monoisotopic (exact) mass is 243 g/mol. The van der Waals surface area contributed by atoms with Crippen molar-refractivity contribution in [2.24, 2.45) is 5.92 Å². The van der Waals surface area contributed by atoms with Crippen molar-refractivity contribution < 1.29 is 4.74 Å². The Labute approximate surface area is 105 Å². The van der Waals surface area contributed by atoms with Crippen molar-refractivity contribution in [3.05, 3.63) is 29.8 Å². The van der Waals surface area contributed by atoms with Crippen LogP contribution in [0.25, 0.3) is 0 Å². The summed E-state index contributed by atoms with van der Waals surface area (Å²) in [7, 11) is 1.69. The van der Waals surface area contributed by atoms with Crippen LogP contribution in [0.4, 0.5) is 0 Å². The average Bonchev–Trinajstić information content (AvgIpc) is 2.25. The zero-order valence-electron chi connectivity index (χ0n) is 10.3. The Kier molecular flexibility index (Phi) is 8.04. The summed E-state index contributed by atoms with van der Waals surface area (Å²) in [5.74, 6) is 1.69. The molecular weight excluding hydrogens is 222 g/mol.